The van der Waals surface area contributed by atoms with Crippen LogP contribution in [0.1, 0.15) is 13.2 Å². The molecule has 0 radical (unpaired) electrons. The average Bonchev–Trinajstić information content (AvgIpc) is 3.25. The molecule has 1 unspecified atom stereocenters. The molecule has 0 fully saturated rings. The molecule has 1 amide bonds. The number of amides is 1. The van der Waals surface area contributed by atoms with Gasteiger partial charge in [0.1, 0.15) is 17.6 Å². The van der Waals surface area contributed by atoms with Crippen molar-refractivity contribution >= 4 is 30.5 Å². The summed E-state index contributed by atoms with van der Waals surface area (Å²) in [4.78, 5) is 40.3. The topological polar surface area (TPSA) is 127 Å². The van der Waals surface area contributed by atoms with Gasteiger partial charge in [-0.3, -0.25) is 9.32 Å². The third-order valence-electron chi connectivity index (χ3n) is 5.74. The van der Waals surface area contributed by atoms with Gasteiger partial charge in [0.25, 0.3) is 0 Å². The van der Waals surface area contributed by atoms with Crippen molar-refractivity contribution in [3.63, 3.8) is 0 Å². The zero-order chi connectivity index (χ0) is 26.9. The van der Waals surface area contributed by atoms with Crippen molar-refractivity contribution in [2.75, 3.05) is 19.1 Å². The van der Waals surface area contributed by atoms with Crippen LogP contribution in [0.3, 0.4) is 0 Å². The maximum Gasteiger partial charge on any atom is 0.471 e. The van der Waals surface area contributed by atoms with Crippen LogP contribution in [-0.2, 0) is 13.9 Å². The summed E-state index contributed by atoms with van der Waals surface area (Å²) in [6.07, 6.45) is 4.61. The highest BCUT2D eigenvalue weighted by Crippen LogP contribution is 2.43. The molecule has 0 saturated heterocycles. The fourth-order valence-corrected chi connectivity index (χ4v) is 4.44. The molecular weight excluding hydrogens is 502 g/mol. The van der Waals surface area contributed by atoms with E-state index in [2.05, 4.69) is 16.5 Å². The summed E-state index contributed by atoms with van der Waals surface area (Å²) in [7, 11) is -1.67. The molecule has 0 bridgehead atoms. The van der Waals surface area contributed by atoms with E-state index in [1.165, 1.54) is 41.8 Å². The monoisotopic (exact) mass is 526 g/mol. The zero-order valence-electron chi connectivity index (χ0n) is 20.2. The number of benzene rings is 1. The summed E-state index contributed by atoms with van der Waals surface area (Å²) >= 11 is 0. The Balaban J connectivity index is 1.92. The fourth-order valence-electron chi connectivity index (χ4n) is 3.94. The molecule has 0 saturated carbocycles. The lowest BCUT2D eigenvalue weighted by Gasteiger charge is -2.18. The fraction of sp³-hybridized carbons (Fsp3) is 0.160. The normalized spacial score (nSPS) is 12.4. The highest BCUT2D eigenvalue weighted by atomic mass is 31.2. The first-order chi connectivity index (χ1) is 17.5. The first-order valence-electron chi connectivity index (χ1n) is 11.0. The summed E-state index contributed by atoms with van der Waals surface area (Å²) in [6.45, 7) is 4.99. The van der Waals surface area contributed by atoms with Crippen molar-refractivity contribution in [1.29, 1.82) is 0 Å². The maximum atomic E-state index is 14.0. The molecule has 37 heavy (non-hydrogen) atoms. The van der Waals surface area contributed by atoms with E-state index >= 15 is 0 Å². The first-order valence-corrected chi connectivity index (χ1v) is 12.5. The van der Waals surface area contributed by atoms with E-state index < -0.39 is 20.0 Å². The number of anilines is 1. The smallest absolute Gasteiger partial charge is 0.471 e. The number of phosphoric ester groups is 1. The number of aromatic nitrogens is 3. The van der Waals surface area contributed by atoms with Gasteiger partial charge in [-0.05, 0) is 48.4 Å². The number of rotatable bonds is 8. The van der Waals surface area contributed by atoms with Crippen molar-refractivity contribution in [2.45, 2.75) is 13.2 Å². The number of carbonyl (C=O) groups excluding carboxylic acids is 1. The van der Waals surface area contributed by atoms with Crippen LogP contribution in [0.5, 0.6) is 5.75 Å². The molecule has 192 valence electrons. The molecule has 0 aliphatic carbocycles. The highest BCUT2D eigenvalue weighted by Gasteiger charge is 2.24. The molecule has 4 aromatic rings. The second kappa shape index (κ2) is 10.2. The van der Waals surface area contributed by atoms with E-state index in [9.17, 15) is 23.5 Å². The third kappa shape index (κ3) is 5.60. The molecule has 12 heteroatoms. The van der Waals surface area contributed by atoms with Crippen LogP contribution in [-0.4, -0.2) is 44.4 Å². The van der Waals surface area contributed by atoms with Crippen LogP contribution in [0.4, 0.5) is 10.1 Å². The highest BCUT2D eigenvalue weighted by molar-refractivity contribution is 7.46. The van der Waals surface area contributed by atoms with Gasteiger partial charge in [-0.2, -0.15) is 4.39 Å². The second-order valence-corrected chi connectivity index (χ2v) is 9.32. The van der Waals surface area contributed by atoms with E-state index in [0.29, 0.717) is 44.7 Å². The first kappa shape index (κ1) is 26.2. The molecule has 1 aromatic carbocycles. The zero-order valence-corrected chi connectivity index (χ0v) is 21.1. The largest absolute Gasteiger partial charge is 0.497 e. The summed E-state index contributed by atoms with van der Waals surface area (Å²) in [5, 5.41) is 0.573. The SMILES string of the molecule is C=CC(=O)N(C)c1cc(OC)cc(-c2cnc3c(c2)c(-c2ccnc(F)c2)cn3C(C)OP(=O)(O)O)c1. The van der Waals surface area contributed by atoms with Crippen molar-refractivity contribution in [1.82, 2.24) is 14.5 Å². The Morgan fingerprint density at radius 1 is 1.19 bits per heavy atom. The molecule has 0 aliphatic heterocycles. The number of halogens is 1. The minimum atomic E-state index is -4.80. The van der Waals surface area contributed by atoms with Gasteiger partial charge >= 0.3 is 7.82 Å². The van der Waals surface area contributed by atoms with Gasteiger partial charge in [0.15, 0.2) is 0 Å². The number of hydrogen-bond donors (Lipinski definition) is 2. The third-order valence-corrected chi connectivity index (χ3v) is 6.32. The van der Waals surface area contributed by atoms with Gasteiger partial charge in [0.2, 0.25) is 11.9 Å². The minimum Gasteiger partial charge on any atom is -0.497 e. The molecular formula is C25H24FN4O6P. The van der Waals surface area contributed by atoms with Gasteiger partial charge < -0.3 is 24.0 Å². The predicted molar refractivity (Wildman–Crippen MR) is 136 cm³/mol. The quantitative estimate of drug-likeness (QED) is 0.192. The van der Waals surface area contributed by atoms with Crippen molar-refractivity contribution < 1.29 is 32.8 Å². The lowest BCUT2D eigenvalue weighted by molar-refractivity contribution is -0.113. The number of ether oxygens (including phenoxy) is 1. The van der Waals surface area contributed by atoms with E-state index in [1.807, 2.05) is 6.07 Å². The summed E-state index contributed by atoms with van der Waals surface area (Å²) in [5.41, 5.74) is 3.31. The molecule has 3 heterocycles. The Labute approximate surface area is 211 Å². The Morgan fingerprint density at radius 2 is 1.95 bits per heavy atom. The van der Waals surface area contributed by atoms with Crippen LogP contribution in [0.15, 0.2) is 67.6 Å². The Kier molecular flexibility index (Phi) is 7.24. The maximum absolute atomic E-state index is 14.0. The molecule has 1 atom stereocenters. The number of methoxy groups -OCH3 is 1. The molecule has 2 N–H and O–H groups in total. The molecule has 0 spiro atoms. The number of phosphoric acid groups is 1. The number of hydrogen-bond acceptors (Lipinski definition) is 6. The lowest BCUT2D eigenvalue weighted by Crippen LogP contribution is -2.23. The number of carbonyl (C=O) groups is 1. The van der Waals surface area contributed by atoms with Crippen LogP contribution >= 0.6 is 7.82 Å². The predicted octanol–water partition coefficient (Wildman–Crippen LogP) is 4.69. The molecule has 0 aliphatic rings. The number of fused-ring (bicyclic) bond motifs is 1. The van der Waals surface area contributed by atoms with E-state index in [4.69, 9.17) is 9.26 Å². The Hall–Kier alpha value is -3.89. The molecule has 4 rings (SSSR count). The van der Waals surface area contributed by atoms with Crippen LogP contribution in [0.25, 0.3) is 33.3 Å². The number of nitrogens with zero attached hydrogens (tertiary/aromatic N) is 4. The summed E-state index contributed by atoms with van der Waals surface area (Å²) < 4.78 is 37.2. The average molecular weight is 526 g/mol. The van der Waals surface area contributed by atoms with E-state index in [-0.39, 0.29) is 5.91 Å². The van der Waals surface area contributed by atoms with E-state index in [0.717, 1.165) is 0 Å². The van der Waals surface area contributed by atoms with Gasteiger partial charge in [0, 0.05) is 60.0 Å². The van der Waals surface area contributed by atoms with Crippen LogP contribution in [0, 0.1) is 5.95 Å². The number of pyridine rings is 2. The Morgan fingerprint density at radius 3 is 2.59 bits per heavy atom. The van der Waals surface area contributed by atoms with Crippen LogP contribution < -0.4 is 9.64 Å². The minimum absolute atomic E-state index is 0.300. The van der Waals surface area contributed by atoms with E-state index in [1.54, 1.807) is 43.7 Å². The molecule has 3 aromatic heterocycles. The van der Waals surface area contributed by atoms with Gasteiger partial charge in [-0.1, -0.05) is 6.58 Å². The number of likely N-dealkylation sites (N-methyl/N-ethyl adjacent to an activating group) is 1. The summed E-state index contributed by atoms with van der Waals surface area (Å²) in [6, 6.07) is 9.95. The Bertz CT molecular complexity index is 1550. The lowest BCUT2D eigenvalue weighted by atomic mass is 10.0. The van der Waals surface area contributed by atoms with Gasteiger partial charge in [-0.15, -0.1) is 0 Å². The standard InChI is InChI=1S/C25H24FN4O6P/c1-5-24(31)29(3)19-8-17(9-20(12-19)35-4)18-10-21-22(16-6-7-27-23(26)11-16)14-30(25(21)28-13-18)15(2)36-37(32,33)34/h5-15H,1H2,2-4H3,(H2,32,33,34). The van der Waals surface area contributed by atoms with Crippen molar-refractivity contribution in [2.24, 2.45) is 0 Å². The van der Waals surface area contributed by atoms with Crippen molar-refractivity contribution in [3.05, 3.63) is 73.6 Å². The second-order valence-electron chi connectivity index (χ2n) is 8.13. The molecule has 10 nitrogen and oxygen atoms in total. The van der Waals surface area contributed by atoms with Gasteiger partial charge in [-0.25, -0.2) is 14.5 Å². The summed E-state index contributed by atoms with van der Waals surface area (Å²) in [5.74, 6) is -0.478. The van der Waals surface area contributed by atoms with Crippen molar-refractivity contribution in [3.8, 4) is 28.0 Å². The van der Waals surface area contributed by atoms with Gasteiger partial charge in [0.05, 0.1) is 7.11 Å². The van der Waals surface area contributed by atoms with Crippen LogP contribution in [0.2, 0.25) is 0 Å².